The number of benzene rings is 8. The number of pyridine rings is 5. The molecule has 0 saturated heterocycles. The number of carbonyl (C=O) groups is 4. The first-order valence-electron chi connectivity index (χ1n) is 42.7. The number of nitrogens with one attached hydrogen (secondary N) is 2. The molecule has 14 rings (SSSR count). The standard InChI is InChI=1S/C26H29IN2O.C25H27IN2O.C19H21NO.C14H14N2O.C11H14I.C7H8BrN.C6H7N.CH3I.CO.CH4.U/c1-16-14-21(12-13-23-19(4)17(2)18(3)20(5)24(23)27)25(28-15-16)26(30)29(6)22-10-8-7-9-11-22;1-15-13-20(11-12-22-18(4)16(2)17(3)19(5)23(22)26)24(27-14-15)25(29)28-21-9-7-6-8-10-21;1-10-8-15-6-7-16-13(4)11(2)12(3)14(5)17(16)19(21)18(15)20-9-10;1-10-8-11(2)13(15-9-10)14(17)16-12-6-4-3-5-7-12;1-6-7(2)9(4)11(12)10(5)8(6)3;1-5-3-6(2)7(8)9-4-5;7-6-4-2-1-3-5-6;2*1-2;;/h7-11,14-15H,12-13H2,1-6H3;6-10,13-14H,11-12H2,1-5H3,(H,28,29);8-9H,6-7H2,1-5H3;3-9H,1-2H3,(H,16,17);4H2,1-3,5H3;3-4H,1-2H3;1-5H,7H2;1H3;;1H4;/q;;;;-1;;;;;;. The van der Waals surface area contributed by atoms with Crippen LogP contribution in [0.1, 0.15) is 222 Å². The number of nitrogens with zero attached hydrogens (tertiary/aromatic N) is 6. The Labute approximate surface area is 868 Å². The van der Waals surface area contributed by atoms with Crippen molar-refractivity contribution < 1.29 is 54.9 Å². The molecule has 0 aliphatic heterocycles. The van der Waals surface area contributed by atoms with Crippen molar-refractivity contribution in [1.29, 1.82) is 0 Å². The fourth-order valence-electron chi connectivity index (χ4n) is 15.1. The molecule has 131 heavy (non-hydrogen) atoms. The van der Waals surface area contributed by atoms with Gasteiger partial charge in [0.2, 0.25) is 5.78 Å². The first kappa shape index (κ1) is 115. The van der Waals surface area contributed by atoms with E-state index >= 15 is 0 Å². The van der Waals surface area contributed by atoms with Gasteiger partial charge in [-0.1, -0.05) is 169 Å². The van der Waals surface area contributed by atoms with Crippen LogP contribution < -0.4 is 21.3 Å². The van der Waals surface area contributed by atoms with Gasteiger partial charge in [0.25, 0.3) is 17.7 Å². The second-order valence-electron chi connectivity index (χ2n) is 32.7. The number of rotatable bonds is 12. The third-order valence-electron chi connectivity index (χ3n) is 24.0. The Morgan fingerprint density at radius 1 is 0.427 bits per heavy atom. The number of aryl methyl sites for hydroxylation is 10. The molecule has 0 spiro atoms. The maximum absolute atomic E-state index is 13.2. The average Bonchev–Trinajstić information content (AvgIpc) is 1.69. The van der Waals surface area contributed by atoms with Gasteiger partial charge in [-0.15, -0.1) is 33.7 Å². The van der Waals surface area contributed by atoms with E-state index in [-0.39, 0.29) is 62.0 Å². The minimum absolute atomic E-state index is 0. The number of anilines is 4. The van der Waals surface area contributed by atoms with Gasteiger partial charge in [0, 0.05) is 105 Å². The minimum Gasteiger partial charge on any atom is -0.197 e. The molecular weight excluding hydrogens is 2360 g/mol. The van der Waals surface area contributed by atoms with E-state index in [1.807, 2.05) is 194 Å². The van der Waals surface area contributed by atoms with Crippen molar-refractivity contribution in [1.82, 2.24) is 24.9 Å². The van der Waals surface area contributed by atoms with E-state index in [9.17, 15) is 19.2 Å². The molecule has 20 heteroatoms. The molecule has 0 saturated carbocycles. The molecule has 3 amide bonds. The van der Waals surface area contributed by atoms with E-state index in [4.69, 9.17) is 10.4 Å². The van der Waals surface area contributed by atoms with Crippen LogP contribution >= 0.6 is 106 Å². The summed E-state index contributed by atoms with van der Waals surface area (Å²) in [5.41, 5.74) is 48.9. The van der Waals surface area contributed by atoms with Gasteiger partial charge in [0.15, 0.2) is 0 Å². The third kappa shape index (κ3) is 31.3. The van der Waals surface area contributed by atoms with Gasteiger partial charge < -0.3 is 21.3 Å². The number of carbonyl (C=O) groups excluding carboxylic acids is 4. The minimum atomic E-state index is -0.172. The molecule has 1 aliphatic rings. The van der Waals surface area contributed by atoms with Crippen molar-refractivity contribution in [3.05, 3.63) is 407 Å². The predicted molar refractivity (Wildman–Crippen MR) is 581 cm³/mol. The summed E-state index contributed by atoms with van der Waals surface area (Å²) in [6, 6.07) is 48.4. The molecule has 0 fully saturated rings. The Hall–Kier alpha value is -8.55. The zero-order valence-electron chi connectivity index (χ0n) is 80.0. The summed E-state index contributed by atoms with van der Waals surface area (Å²) in [7, 11) is 1.81. The Morgan fingerprint density at radius 3 is 1.21 bits per heavy atom. The second kappa shape index (κ2) is 55.3. The summed E-state index contributed by atoms with van der Waals surface area (Å²) in [5.74, 6) is -0.303. The van der Waals surface area contributed by atoms with Gasteiger partial charge in [0.1, 0.15) is 27.4 Å². The normalized spacial score (nSPS) is 10.5. The topological polar surface area (TPSA) is 206 Å². The Bertz CT molecular complexity index is 5990. The number of hydrogen-bond acceptors (Lipinski definition) is 10. The summed E-state index contributed by atoms with van der Waals surface area (Å²) in [4.78, 5) is 76.4. The van der Waals surface area contributed by atoms with Gasteiger partial charge >= 0.3 is 11.3 Å². The average molecular weight is 2490 g/mol. The largest absolute Gasteiger partial charge is 0.197 e. The van der Waals surface area contributed by atoms with Gasteiger partial charge in [-0.3, -0.25) is 39.1 Å². The number of para-hydroxylation sites is 4. The molecule has 14 nitrogen and oxygen atoms in total. The molecule has 5 aromatic heterocycles. The molecule has 686 valence electrons. The summed E-state index contributed by atoms with van der Waals surface area (Å²) in [5, 5.41) is 5.78. The molecule has 13 aromatic rings. The van der Waals surface area contributed by atoms with E-state index in [0.717, 1.165) is 122 Å². The van der Waals surface area contributed by atoms with Crippen LogP contribution in [0, 0.1) is 215 Å². The molecule has 4 N–H and O–H groups in total. The van der Waals surface area contributed by atoms with Crippen LogP contribution in [-0.4, -0.2) is 60.4 Å². The maximum atomic E-state index is 13.2. The molecule has 8 aromatic carbocycles. The van der Waals surface area contributed by atoms with Crippen LogP contribution in [0.3, 0.4) is 0 Å². The molecule has 0 radical (unpaired) electrons. The fourth-order valence-corrected chi connectivity index (χ4v) is 18.2. The summed E-state index contributed by atoms with van der Waals surface area (Å²) in [6.45, 7) is 57.3. The van der Waals surface area contributed by atoms with Crippen LogP contribution in [0.25, 0.3) is 0 Å². The van der Waals surface area contributed by atoms with E-state index < -0.39 is 0 Å². The Kier molecular flexibility index (Phi) is 48.5. The van der Waals surface area contributed by atoms with Gasteiger partial charge in [0.05, 0.1) is 0 Å². The molecule has 0 unspecified atom stereocenters. The van der Waals surface area contributed by atoms with Crippen LogP contribution in [-0.2, 0) is 43.2 Å². The Balaban J connectivity index is 0.000000331. The number of ketones is 1. The summed E-state index contributed by atoms with van der Waals surface area (Å²) in [6.07, 6.45) is 14.1. The number of alkyl halides is 1. The quantitative estimate of drug-likeness (QED) is 0.0263. The van der Waals surface area contributed by atoms with Crippen LogP contribution in [0.4, 0.5) is 22.7 Å². The van der Waals surface area contributed by atoms with Crippen molar-refractivity contribution in [3.63, 3.8) is 0 Å². The number of hydrogen-bond donors (Lipinski definition) is 3. The van der Waals surface area contributed by atoms with E-state index in [1.165, 1.54) is 128 Å². The van der Waals surface area contributed by atoms with Crippen LogP contribution in [0.5, 0.6) is 0 Å². The number of nitrogen functional groups attached to an aromatic ring is 1. The smallest absolute Gasteiger partial charge is 0 e. The van der Waals surface area contributed by atoms with E-state index in [2.05, 4.69) is 290 Å². The number of nitrogens with two attached hydrogens (primary N) is 1. The monoisotopic (exact) mass is 2490 g/mol. The summed E-state index contributed by atoms with van der Waals surface area (Å²) < 4.78 is 12.4. The van der Waals surface area contributed by atoms with E-state index in [1.54, 1.807) is 29.7 Å². The van der Waals surface area contributed by atoms with Crippen molar-refractivity contribution in [3.8, 4) is 0 Å². The maximum Gasteiger partial charge on any atom is 0 e. The zero-order chi connectivity index (χ0) is 96.1. The Morgan fingerprint density at radius 2 is 0.779 bits per heavy atom. The second-order valence-corrected chi connectivity index (χ2v) is 36.7. The number of halogens is 5. The van der Waals surface area contributed by atoms with Crippen molar-refractivity contribution in [2.24, 2.45) is 0 Å². The predicted octanol–water partition coefficient (Wildman–Crippen LogP) is 28.5. The molecule has 5 heterocycles. The SMILES string of the molecule is C.CI.Cc1cnc(Br)c(C)c1.Cc1cnc(C(=O)N(C)c2ccccc2)c(CCc2c(C)c(C)c(C)c(C)c2I)c1.Cc1cnc(C(=O)Nc2ccccc2)c(C)c1.Cc1cnc(C(=O)Nc2ccccc2)c(CCc2c(C)c(C)c(C)c(C)c2I)c1.Cc1cnc2c(c1)CCc1c(C)c(C)c(C)c(C)c1C2=O.Nc1ccccc1.[C-]#[O+].[CH2-]c1c(C)c(C)c(C)c(C)c1I.[U]. The third-order valence-corrected chi connectivity index (χ3v) is 29.2. The van der Waals surface area contributed by atoms with Gasteiger partial charge in [-0.05, 0) is 431 Å². The van der Waals surface area contributed by atoms with E-state index in [0.29, 0.717) is 22.8 Å². The zero-order valence-corrected chi connectivity index (χ0v) is 94.3. The number of fused-ring (bicyclic) bond motifs is 2. The molecule has 1 aliphatic carbocycles. The molecule has 0 bridgehead atoms. The number of amides is 3. The van der Waals surface area contributed by atoms with Crippen molar-refractivity contribution >= 4 is 153 Å². The van der Waals surface area contributed by atoms with Crippen LogP contribution in [0.15, 0.2) is 187 Å². The first-order chi connectivity index (χ1) is 61.1. The summed E-state index contributed by atoms with van der Waals surface area (Å²) >= 11 is 12.8. The van der Waals surface area contributed by atoms with Gasteiger partial charge in [-0.2, -0.15) is 12.5 Å². The van der Waals surface area contributed by atoms with Crippen molar-refractivity contribution in [2.75, 3.05) is 33.2 Å². The van der Waals surface area contributed by atoms with Gasteiger partial charge in [-0.25, -0.2) is 4.98 Å². The van der Waals surface area contributed by atoms with Crippen molar-refractivity contribution in [2.45, 2.75) is 205 Å². The molecule has 0 atom stereocenters. The first-order valence-corrected chi connectivity index (χ1v) is 48.9. The fraction of sp³-hybridized carbons (Fsp3) is 0.288. The molecular formula is C111H127BrI4N9O5U-. The van der Waals surface area contributed by atoms with Crippen LogP contribution in [0.2, 0.25) is 0 Å². The number of aromatic nitrogens is 5.